The molecule has 8 heteroatoms. The Morgan fingerprint density at radius 3 is 2.31 bits per heavy atom. The summed E-state index contributed by atoms with van der Waals surface area (Å²) in [6, 6.07) is 15.6. The van der Waals surface area contributed by atoms with Crippen LogP contribution in [-0.4, -0.2) is 66.9 Å². The van der Waals surface area contributed by atoms with Gasteiger partial charge in [0.15, 0.2) is 0 Å². The Labute approximate surface area is 286 Å². The van der Waals surface area contributed by atoms with Gasteiger partial charge in [0.25, 0.3) is 0 Å². The summed E-state index contributed by atoms with van der Waals surface area (Å²) in [5.41, 5.74) is 2.87. The van der Waals surface area contributed by atoms with Crippen molar-refractivity contribution in [3.8, 4) is 5.75 Å². The Kier molecular flexibility index (Phi) is 11.7. The van der Waals surface area contributed by atoms with Crippen LogP contribution in [0, 0.1) is 23.2 Å². The van der Waals surface area contributed by atoms with Crippen molar-refractivity contribution in [3.05, 3.63) is 65.2 Å². The highest BCUT2D eigenvalue weighted by molar-refractivity contribution is 5.89. The minimum absolute atomic E-state index is 0.0126. The summed E-state index contributed by atoms with van der Waals surface area (Å²) in [6.07, 6.45) is 14.0. The zero-order valence-corrected chi connectivity index (χ0v) is 28.9. The molecule has 5 fully saturated rings. The zero-order valence-electron chi connectivity index (χ0n) is 28.9. The molecule has 4 aliphatic carbocycles. The molecule has 1 aliphatic heterocycles. The van der Waals surface area contributed by atoms with Crippen molar-refractivity contribution in [1.29, 1.82) is 0 Å². The molecule has 0 radical (unpaired) electrons. The van der Waals surface area contributed by atoms with Crippen LogP contribution in [-0.2, 0) is 27.5 Å². The van der Waals surface area contributed by atoms with Crippen molar-refractivity contribution < 1.29 is 23.9 Å². The number of carbonyl (C=O) groups excluding carboxylic acids is 3. The number of unbranched alkanes of at least 4 members (excludes halogenated alkanes) is 5. The zero-order chi connectivity index (χ0) is 33.3. The van der Waals surface area contributed by atoms with Gasteiger partial charge in [-0.15, -0.1) is 0 Å². The number of nitrogens with one attached hydrogen (secondary N) is 1. The summed E-state index contributed by atoms with van der Waals surface area (Å²) in [5, 5.41) is 2.97. The second kappa shape index (κ2) is 16.3. The smallest absolute Gasteiger partial charge is 0.338 e. The van der Waals surface area contributed by atoms with Gasteiger partial charge in [-0.1, -0.05) is 69.4 Å². The monoisotopic (exact) mass is 657 g/mol. The molecule has 5 aliphatic rings. The van der Waals surface area contributed by atoms with E-state index in [2.05, 4.69) is 23.2 Å². The average molecular weight is 658 g/mol. The van der Waals surface area contributed by atoms with E-state index in [0.717, 1.165) is 67.1 Å². The summed E-state index contributed by atoms with van der Waals surface area (Å²) < 4.78 is 11.7. The molecule has 48 heavy (non-hydrogen) atoms. The molecule has 2 unspecified atom stereocenters. The van der Waals surface area contributed by atoms with Gasteiger partial charge in [0.05, 0.1) is 18.7 Å². The van der Waals surface area contributed by atoms with Crippen LogP contribution < -0.4 is 10.1 Å². The van der Waals surface area contributed by atoms with E-state index in [1.807, 2.05) is 47.4 Å². The van der Waals surface area contributed by atoms with Crippen LogP contribution in [0.1, 0.15) is 105 Å². The van der Waals surface area contributed by atoms with Gasteiger partial charge in [-0.3, -0.25) is 14.5 Å². The van der Waals surface area contributed by atoms with E-state index >= 15 is 0 Å². The van der Waals surface area contributed by atoms with Gasteiger partial charge in [-0.2, -0.15) is 0 Å². The maximum atomic E-state index is 13.0. The lowest BCUT2D eigenvalue weighted by molar-refractivity contribution is -0.135. The number of benzene rings is 2. The molecule has 1 saturated heterocycles. The van der Waals surface area contributed by atoms with Crippen LogP contribution in [0.3, 0.4) is 0 Å². The highest BCUT2D eigenvalue weighted by Crippen LogP contribution is 2.66. The number of nitrogens with zero attached hydrogens (tertiary/aromatic N) is 2. The molecule has 2 amide bonds. The van der Waals surface area contributed by atoms with Gasteiger partial charge < -0.3 is 19.7 Å². The normalized spacial score (nSPS) is 24.5. The molecule has 4 saturated carbocycles. The molecule has 260 valence electrons. The minimum Gasteiger partial charge on any atom is -0.489 e. The third-order valence-corrected chi connectivity index (χ3v) is 11.5. The molecule has 0 spiro atoms. The number of rotatable bonds is 17. The summed E-state index contributed by atoms with van der Waals surface area (Å²) in [6.45, 7) is 6.78. The SMILES string of the molecule is CCCCCCCCOC(=O)c1ccc(COc2ccccc2CN2CCN(C(=O)CNC(=O)CC34CC5CC(CC3C5)C4)CC2)cc1. The number of para-hydroxylation sites is 1. The lowest BCUT2D eigenvalue weighted by Crippen LogP contribution is -2.51. The quantitative estimate of drug-likeness (QED) is 0.149. The number of esters is 1. The van der Waals surface area contributed by atoms with E-state index in [9.17, 15) is 14.4 Å². The van der Waals surface area contributed by atoms with E-state index in [0.29, 0.717) is 38.3 Å². The molecule has 8 nitrogen and oxygen atoms in total. The van der Waals surface area contributed by atoms with Gasteiger partial charge in [0.2, 0.25) is 11.8 Å². The molecule has 0 aromatic heterocycles. The van der Waals surface area contributed by atoms with Crippen LogP contribution in [0.25, 0.3) is 0 Å². The van der Waals surface area contributed by atoms with Crippen LogP contribution >= 0.6 is 0 Å². The maximum absolute atomic E-state index is 13.0. The highest BCUT2D eigenvalue weighted by atomic mass is 16.5. The van der Waals surface area contributed by atoms with Crippen LogP contribution in [0.4, 0.5) is 0 Å². The molecule has 7 rings (SSSR count). The molecule has 4 bridgehead atoms. The van der Waals surface area contributed by atoms with E-state index in [1.54, 1.807) is 0 Å². The standard InChI is InChI=1S/C40H55N3O5/c1-2-3-4-5-6-9-20-47-39(46)33-14-12-30(13-15-33)29-48-36-11-8-7-10-34(36)28-42-16-18-43(19-17-42)38(45)27-41-37(44)26-40-24-31-21-32(25-40)23-35(40)22-31/h7-8,10-15,31-32,35H,2-6,9,16-29H2,1H3,(H,41,44). The number of hydrogen-bond donors (Lipinski definition) is 1. The van der Waals surface area contributed by atoms with Crippen molar-refractivity contribution in [1.82, 2.24) is 15.1 Å². The largest absolute Gasteiger partial charge is 0.489 e. The van der Waals surface area contributed by atoms with E-state index in [-0.39, 0.29) is 29.7 Å². The fourth-order valence-electron chi connectivity index (χ4n) is 9.12. The number of piperazine rings is 1. The van der Waals surface area contributed by atoms with Crippen molar-refractivity contribution in [2.75, 3.05) is 39.3 Å². The van der Waals surface area contributed by atoms with Crippen LogP contribution in [0.2, 0.25) is 0 Å². The predicted molar refractivity (Wildman–Crippen MR) is 186 cm³/mol. The molecule has 2 atom stereocenters. The van der Waals surface area contributed by atoms with Crippen molar-refractivity contribution in [2.45, 2.75) is 97.1 Å². The first-order chi connectivity index (χ1) is 23.4. The number of amides is 2. The fraction of sp³-hybridized carbons (Fsp3) is 0.625. The third kappa shape index (κ3) is 8.79. The van der Waals surface area contributed by atoms with Crippen LogP contribution in [0.15, 0.2) is 48.5 Å². The summed E-state index contributed by atoms with van der Waals surface area (Å²) in [4.78, 5) is 42.5. The summed E-state index contributed by atoms with van der Waals surface area (Å²) in [7, 11) is 0. The lowest BCUT2D eigenvalue weighted by atomic mass is 9.73. The Morgan fingerprint density at radius 2 is 1.56 bits per heavy atom. The first kappa shape index (κ1) is 34.5. The molecular formula is C40H55N3O5. The van der Waals surface area contributed by atoms with Crippen molar-refractivity contribution in [3.63, 3.8) is 0 Å². The van der Waals surface area contributed by atoms with E-state index in [4.69, 9.17) is 9.47 Å². The summed E-state index contributed by atoms with van der Waals surface area (Å²) in [5.74, 6) is 3.04. The van der Waals surface area contributed by atoms with Crippen LogP contribution in [0.5, 0.6) is 5.75 Å². The maximum Gasteiger partial charge on any atom is 0.338 e. The highest BCUT2D eigenvalue weighted by Gasteiger charge is 2.58. The topological polar surface area (TPSA) is 88.2 Å². The predicted octanol–water partition coefficient (Wildman–Crippen LogP) is 6.76. The lowest BCUT2D eigenvalue weighted by Gasteiger charge is -2.35. The molecule has 2 aromatic carbocycles. The van der Waals surface area contributed by atoms with Gasteiger partial charge in [0.1, 0.15) is 12.4 Å². The number of carbonyl (C=O) groups is 3. The molecule has 1 heterocycles. The number of ether oxygens (including phenoxy) is 2. The van der Waals surface area contributed by atoms with Gasteiger partial charge in [-0.25, -0.2) is 4.79 Å². The second-order valence-corrected chi connectivity index (χ2v) is 15.0. The van der Waals surface area contributed by atoms with E-state index < -0.39 is 0 Å². The third-order valence-electron chi connectivity index (χ3n) is 11.5. The van der Waals surface area contributed by atoms with Gasteiger partial charge >= 0.3 is 5.97 Å². The Bertz CT molecular complexity index is 1370. The Morgan fingerprint density at radius 1 is 0.854 bits per heavy atom. The Balaban J connectivity index is 0.889. The minimum atomic E-state index is -0.273. The molecule has 2 aromatic rings. The van der Waals surface area contributed by atoms with Crippen molar-refractivity contribution >= 4 is 17.8 Å². The fourth-order valence-corrected chi connectivity index (χ4v) is 9.12. The second-order valence-electron chi connectivity index (χ2n) is 15.0. The van der Waals surface area contributed by atoms with Crippen molar-refractivity contribution in [2.24, 2.45) is 23.2 Å². The Hall–Kier alpha value is -3.39. The average Bonchev–Trinajstić information content (AvgIpc) is 3.48. The van der Waals surface area contributed by atoms with Gasteiger partial charge in [-0.05, 0) is 85.5 Å². The summed E-state index contributed by atoms with van der Waals surface area (Å²) >= 11 is 0. The van der Waals surface area contributed by atoms with E-state index in [1.165, 1.54) is 57.8 Å². The molecule has 1 N–H and O–H groups in total. The molecular weight excluding hydrogens is 602 g/mol. The van der Waals surface area contributed by atoms with Gasteiger partial charge in [0, 0.05) is 44.7 Å². The first-order valence-electron chi connectivity index (χ1n) is 18.6. The number of hydrogen-bond acceptors (Lipinski definition) is 6. The first-order valence-corrected chi connectivity index (χ1v) is 18.6.